The Bertz CT molecular complexity index is 824. The first kappa shape index (κ1) is 17.7. The molecule has 142 valence electrons. The molecule has 27 heavy (non-hydrogen) atoms. The Balaban J connectivity index is 1.56. The molecule has 2 amide bonds. The Morgan fingerprint density at radius 1 is 1.07 bits per heavy atom. The number of hydrogen-bond acceptors (Lipinski definition) is 4. The second kappa shape index (κ2) is 7.90. The van der Waals surface area contributed by atoms with Gasteiger partial charge in [0.2, 0.25) is 0 Å². The third-order valence-corrected chi connectivity index (χ3v) is 5.34. The highest BCUT2D eigenvalue weighted by Gasteiger charge is 2.30. The minimum Gasteiger partial charge on any atom is -0.345 e. The Morgan fingerprint density at radius 2 is 1.89 bits per heavy atom. The zero-order valence-electron chi connectivity index (χ0n) is 15.5. The molecule has 2 aliphatic rings. The lowest BCUT2D eigenvalue weighted by Gasteiger charge is -2.26. The number of likely N-dealkylation sites (tertiary alicyclic amines) is 1. The SMILES string of the molecule is O=C(NCc1cccnc1)c1nc(C(=O)N2CCCCC2)c2n1CCCC2. The molecule has 0 aliphatic carbocycles. The molecule has 7 heteroatoms. The summed E-state index contributed by atoms with van der Waals surface area (Å²) in [7, 11) is 0. The van der Waals surface area contributed by atoms with E-state index >= 15 is 0 Å². The second-order valence-electron chi connectivity index (χ2n) is 7.24. The van der Waals surface area contributed by atoms with E-state index in [2.05, 4.69) is 15.3 Å². The van der Waals surface area contributed by atoms with Gasteiger partial charge in [0.15, 0.2) is 5.82 Å². The van der Waals surface area contributed by atoms with E-state index in [1.165, 1.54) is 6.42 Å². The van der Waals surface area contributed by atoms with Gasteiger partial charge in [-0.25, -0.2) is 4.98 Å². The molecule has 1 N–H and O–H groups in total. The molecular formula is C20H25N5O2. The van der Waals surface area contributed by atoms with Gasteiger partial charge in [0.1, 0.15) is 5.69 Å². The summed E-state index contributed by atoms with van der Waals surface area (Å²) in [4.78, 5) is 36.2. The lowest BCUT2D eigenvalue weighted by atomic mass is 10.1. The van der Waals surface area contributed by atoms with Crippen LogP contribution in [0.15, 0.2) is 24.5 Å². The molecule has 2 aromatic rings. The van der Waals surface area contributed by atoms with Crippen LogP contribution in [0.5, 0.6) is 0 Å². The minimum absolute atomic E-state index is 0.0216. The number of piperidine rings is 1. The van der Waals surface area contributed by atoms with E-state index in [0.29, 0.717) is 18.1 Å². The van der Waals surface area contributed by atoms with Gasteiger partial charge in [-0.05, 0) is 50.2 Å². The molecule has 0 spiro atoms. The molecule has 0 unspecified atom stereocenters. The van der Waals surface area contributed by atoms with Crippen molar-refractivity contribution in [3.63, 3.8) is 0 Å². The number of carbonyl (C=O) groups excluding carboxylic acids is 2. The van der Waals surface area contributed by atoms with Gasteiger partial charge in [-0.3, -0.25) is 14.6 Å². The highest BCUT2D eigenvalue weighted by atomic mass is 16.2. The Kier molecular flexibility index (Phi) is 5.18. The van der Waals surface area contributed by atoms with Crippen LogP contribution in [-0.2, 0) is 19.5 Å². The van der Waals surface area contributed by atoms with Crippen LogP contribution in [0.2, 0.25) is 0 Å². The number of fused-ring (bicyclic) bond motifs is 1. The number of aromatic nitrogens is 3. The highest BCUT2D eigenvalue weighted by Crippen LogP contribution is 2.23. The fourth-order valence-corrected chi connectivity index (χ4v) is 3.90. The normalized spacial score (nSPS) is 16.7. The summed E-state index contributed by atoms with van der Waals surface area (Å²) in [5, 5.41) is 2.91. The Labute approximate surface area is 158 Å². The van der Waals surface area contributed by atoms with Crippen molar-refractivity contribution in [1.82, 2.24) is 24.8 Å². The van der Waals surface area contributed by atoms with Crippen LogP contribution in [0, 0.1) is 0 Å². The molecule has 0 radical (unpaired) electrons. The van der Waals surface area contributed by atoms with Crippen LogP contribution in [0.4, 0.5) is 0 Å². The first-order chi connectivity index (χ1) is 13.2. The van der Waals surface area contributed by atoms with Gasteiger partial charge in [0, 0.05) is 38.6 Å². The van der Waals surface area contributed by atoms with Crippen molar-refractivity contribution in [3.05, 3.63) is 47.3 Å². The number of carbonyl (C=O) groups is 2. The van der Waals surface area contributed by atoms with Crippen molar-refractivity contribution in [3.8, 4) is 0 Å². The van der Waals surface area contributed by atoms with E-state index in [4.69, 9.17) is 0 Å². The topological polar surface area (TPSA) is 80.1 Å². The molecule has 0 aromatic carbocycles. The minimum atomic E-state index is -0.236. The number of rotatable bonds is 4. The molecule has 4 heterocycles. The summed E-state index contributed by atoms with van der Waals surface area (Å²) < 4.78 is 1.94. The first-order valence-electron chi connectivity index (χ1n) is 9.80. The number of pyridine rings is 1. The van der Waals surface area contributed by atoms with E-state index in [-0.39, 0.29) is 11.8 Å². The largest absolute Gasteiger partial charge is 0.345 e. The van der Waals surface area contributed by atoms with Gasteiger partial charge in [-0.1, -0.05) is 6.07 Å². The quantitative estimate of drug-likeness (QED) is 0.898. The van der Waals surface area contributed by atoms with Crippen molar-refractivity contribution in [2.75, 3.05) is 13.1 Å². The van der Waals surface area contributed by atoms with Crippen molar-refractivity contribution in [1.29, 1.82) is 0 Å². The smallest absolute Gasteiger partial charge is 0.287 e. The van der Waals surface area contributed by atoms with Crippen LogP contribution in [0.3, 0.4) is 0 Å². The predicted octanol–water partition coefficient (Wildman–Crippen LogP) is 2.17. The van der Waals surface area contributed by atoms with E-state index in [9.17, 15) is 9.59 Å². The molecular weight excluding hydrogens is 342 g/mol. The maximum absolute atomic E-state index is 13.0. The monoisotopic (exact) mass is 367 g/mol. The maximum Gasteiger partial charge on any atom is 0.287 e. The lowest BCUT2D eigenvalue weighted by Crippen LogP contribution is -2.36. The van der Waals surface area contributed by atoms with Gasteiger partial charge in [0.05, 0.1) is 5.69 Å². The highest BCUT2D eigenvalue weighted by molar-refractivity contribution is 5.97. The number of nitrogens with one attached hydrogen (secondary N) is 1. The zero-order chi connectivity index (χ0) is 18.6. The summed E-state index contributed by atoms with van der Waals surface area (Å²) in [6, 6.07) is 3.76. The van der Waals surface area contributed by atoms with E-state index < -0.39 is 0 Å². The molecule has 0 saturated carbocycles. The third kappa shape index (κ3) is 3.72. The van der Waals surface area contributed by atoms with Crippen LogP contribution in [0.25, 0.3) is 0 Å². The van der Waals surface area contributed by atoms with Gasteiger partial charge in [-0.2, -0.15) is 0 Å². The molecule has 1 fully saturated rings. The average molecular weight is 367 g/mol. The maximum atomic E-state index is 13.0. The molecule has 1 saturated heterocycles. The molecule has 4 rings (SSSR count). The van der Waals surface area contributed by atoms with Crippen molar-refractivity contribution in [2.24, 2.45) is 0 Å². The summed E-state index contributed by atoms with van der Waals surface area (Å²) in [5.74, 6) is 0.0975. The first-order valence-corrected chi connectivity index (χ1v) is 9.80. The van der Waals surface area contributed by atoms with Crippen LogP contribution < -0.4 is 5.32 Å². The van der Waals surface area contributed by atoms with Gasteiger partial charge < -0.3 is 14.8 Å². The Morgan fingerprint density at radius 3 is 2.67 bits per heavy atom. The molecule has 7 nitrogen and oxygen atoms in total. The van der Waals surface area contributed by atoms with Gasteiger partial charge >= 0.3 is 0 Å². The van der Waals surface area contributed by atoms with Crippen LogP contribution in [-0.4, -0.2) is 44.3 Å². The third-order valence-electron chi connectivity index (χ3n) is 5.34. The van der Waals surface area contributed by atoms with Crippen molar-refractivity contribution >= 4 is 11.8 Å². The summed E-state index contributed by atoms with van der Waals surface area (Å²) in [5.41, 5.74) is 2.33. The van der Waals surface area contributed by atoms with E-state index in [1.54, 1.807) is 12.4 Å². The standard InChI is InChI=1S/C20H25N5O2/c26-19(22-14-15-7-6-9-21-13-15)18-23-17(16-8-2-5-12-25(16)18)20(27)24-10-3-1-4-11-24/h6-7,9,13H,1-5,8,10-12,14H2,(H,22,26). The van der Waals surface area contributed by atoms with Crippen molar-refractivity contribution < 1.29 is 9.59 Å². The van der Waals surface area contributed by atoms with Crippen LogP contribution >= 0.6 is 0 Å². The van der Waals surface area contributed by atoms with Crippen LogP contribution in [0.1, 0.15) is 64.5 Å². The average Bonchev–Trinajstić information content (AvgIpc) is 3.13. The fraction of sp³-hybridized carbons (Fsp3) is 0.500. The summed E-state index contributed by atoms with van der Waals surface area (Å²) >= 11 is 0. The molecule has 2 aliphatic heterocycles. The Hall–Kier alpha value is -2.70. The lowest BCUT2D eigenvalue weighted by molar-refractivity contribution is 0.0717. The van der Waals surface area contributed by atoms with Gasteiger partial charge in [-0.15, -0.1) is 0 Å². The zero-order valence-corrected chi connectivity index (χ0v) is 15.5. The fourth-order valence-electron chi connectivity index (χ4n) is 3.90. The second-order valence-corrected chi connectivity index (χ2v) is 7.24. The molecule has 0 atom stereocenters. The van der Waals surface area contributed by atoms with E-state index in [0.717, 1.165) is 63.0 Å². The predicted molar refractivity (Wildman–Crippen MR) is 100 cm³/mol. The number of amides is 2. The number of nitrogens with zero attached hydrogens (tertiary/aromatic N) is 4. The van der Waals surface area contributed by atoms with Gasteiger partial charge in [0.25, 0.3) is 11.8 Å². The number of hydrogen-bond donors (Lipinski definition) is 1. The van der Waals surface area contributed by atoms with Crippen molar-refractivity contribution in [2.45, 2.75) is 51.6 Å². The number of imidazole rings is 1. The molecule has 0 bridgehead atoms. The summed E-state index contributed by atoms with van der Waals surface area (Å²) in [6.45, 7) is 2.71. The summed E-state index contributed by atoms with van der Waals surface area (Å²) in [6.07, 6.45) is 9.53. The molecule has 2 aromatic heterocycles. The van der Waals surface area contributed by atoms with E-state index in [1.807, 2.05) is 21.6 Å².